The Balaban J connectivity index is 1.36. The van der Waals surface area contributed by atoms with E-state index in [4.69, 9.17) is 31.5 Å². The van der Waals surface area contributed by atoms with Gasteiger partial charge in [0.1, 0.15) is 17.7 Å². The molecule has 1 unspecified atom stereocenters. The number of ketones is 1. The van der Waals surface area contributed by atoms with Crippen LogP contribution in [0.3, 0.4) is 0 Å². The molecule has 230 valence electrons. The van der Waals surface area contributed by atoms with E-state index in [-0.39, 0.29) is 41.3 Å². The summed E-state index contributed by atoms with van der Waals surface area (Å²) < 4.78 is 33.5. The molecule has 0 aliphatic carbocycles. The van der Waals surface area contributed by atoms with Gasteiger partial charge in [0.25, 0.3) is 0 Å². The standard InChI is InChI=1S/C27H31ClFN7O7/c1-3-41-24(39)27(14(2)37,11-15-5-7-16(8-6-15)35-10-4-9-31-26(35)40)42-12-17-20(38)18(29)23(43-17)36-13-32-19-21(30)33-25(28)34-22(19)36/h5-8,13,17-18,20,23,38H,3-4,9-12H2,1-2H3,(H,31,40)(H2,30,33,34)/t17-,18+,20-,23-,27?/m1/s1. The van der Waals surface area contributed by atoms with Gasteiger partial charge in [-0.25, -0.2) is 19.0 Å². The van der Waals surface area contributed by atoms with Gasteiger partial charge in [-0.05, 0) is 49.6 Å². The highest BCUT2D eigenvalue weighted by Crippen LogP contribution is 2.36. The molecule has 4 N–H and O–H groups in total. The number of benzene rings is 1. The molecule has 2 saturated heterocycles. The molecule has 43 heavy (non-hydrogen) atoms. The molecule has 14 nitrogen and oxygen atoms in total. The van der Waals surface area contributed by atoms with Gasteiger partial charge in [0, 0.05) is 25.2 Å². The van der Waals surface area contributed by atoms with E-state index in [9.17, 15) is 19.5 Å². The molecule has 3 aromatic rings. The third-order valence-corrected chi connectivity index (χ3v) is 7.61. The minimum Gasteiger partial charge on any atom is -0.463 e. The Morgan fingerprint density at radius 2 is 2.05 bits per heavy atom. The number of nitrogen functional groups attached to an aromatic ring is 1. The zero-order valence-corrected chi connectivity index (χ0v) is 24.2. The molecule has 2 fully saturated rings. The van der Waals surface area contributed by atoms with E-state index in [0.717, 1.165) is 6.42 Å². The lowest BCUT2D eigenvalue weighted by Gasteiger charge is -2.31. The summed E-state index contributed by atoms with van der Waals surface area (Å²) in [6.45, 7) is 3.36. The Kier molecular flexibility index (Phi) is 8.78. The van der Waals surface area contributed by atoms with Gasteiger partial charge in [-0.1, -0.05) is 12.1 Å². The summed E-state index contributed by atoms with van der Waals surface area (Å²) in [5.41, 5.74) is 5.16. The molecule has 5 rings (SSSR count). The van der Waals surface area contributed by atoms with Gasteiger partial charge in [0.15, 0.2) is 29.6 Å². The van der Waals surface area contributed by atoms with E-state index in [0.29, 0.717) is 24.3 Å². The number of carbonyl (C=O) groups is 3. The molecule has 2 aliphatic heterocycles. The fourth-order valence-electron chi connectivity index (χ4n) is 5.14. The van der Waals surface area contributed by atoms with Gasteiger partial charge < -0.3 is 30.4 Å². The summed E-state index contributed by atoms with van der Waals surface area (Å²) in [6, 6.07) is 6.55. The van der Waals surface area contributed by atoms with Crippen LogP contribution in [0, 0.1) is 0 Å². The third-order valence-electron chi connectivity index (χ3n) is 7.44. The molecular weight excluding hydrogens is 589 g/mol. The largest absolute Gasteiger partial charge is 0.463 e. The van der Waals surface area contributed by atoms with Gasteiger partial charge in [-0.15, -0.1) is 0 Å². The number of rotatable bonds is 10. The lowest BCUT2D eigenvalue weighted by atomic mass is 9.90. The maximum absolute atomic E-state index is 15.4. The second-order valence-corrected chi connectivity index (χ2v) is 10.5. The molecule has 2 aliphatic rings. The number of aliphatic hydroxyl groups is 1. The first-order valence-corrected chi connectivity index (χ1v) is 14.0. The minimum absolute atomic E-state index is 0.0181. The molecule has 2 aromatic heterocycles. The molecular formula is C27H31ClFN7O7. The molecule has 5 atom stereocenters. The Bertz CT molecular complexity index is 1520. The van der Waals surface area contributed by atoms with Gasteiger partial charge in [0.05, 0.1) is 19.5 Å². The zero-order chi connectivity index (χ0) is 30.9. The highest BCUT2D eigenvalue weighted by Gasteiger charge is 2.51. The Morgan fingerprint density at radius 1 is 1.30 bits per heavy atom. The van der Waals surface area contributed by atoms with E-state index >= 15 is 4.39 Å². The second-order valence-electron chi connectivity index (χ2n) is 10.2. The molecule has 0 radical (unpaired) electrons. The van der Waals surface area contributed by atoms with E-state index < -0.39 is 48.6 Å². The fraction of sp³-hybridized carbons (Fsp3) is 0.481. The van der Waals surface area contributed by atoms with Crippen LogP contribution in [0.2, 0.25) is 5.28 Å². The fourth-order valence-corrected chi connectivity index (χ4v) is 5.31. The van der Waals surface area contributed by atoms with E-state index in [1.807, 2.05) is 0 Å². The summed E-state index contributed by atoms with van der Waals surface area (Å²) in [4.78, 5) is 52.0. The van der Waals surface area contributed by atoms with Crippen LogP contribution < -0.4 is 16.0 Å². The number of nitrogens with one attached hydrogen (secondary N) is 1. The number of carbonyl (C=O) groups excluding carboxylic acids is 3. The van der Waals surface area contributed by atoms with Gasteiger partial charge in [-0.3, -0.25) is 14.3 Å². The van der Waals surface area contributed by atoms with E-state index in [1.54, 1.807) is 36.1 Å². The quantitative estimate of drug-likeness (QED) is 0.171. The Labute approximate surface area is 250 Å². The molecule has 0 spiro atoms. The maximum atomic E-state index is 15.4. The van der Waals surface area contributed by atoms with E-state index in [1.165, 1.54) is 17.8 Å². The van der Waals surface area contributed by atoms with Crippen molar-refractivity contribution >= 4 is 52.1 Å². The number of amides is 2. The average molecular weight is 620 g/mol. The number of imidazole rings is 1. The van der Waals surface area contributed by atoms with Crippen LogP contribution in [-0.4, -0.2) is 92.7 Å². The first-order chi connectivity index (χ1) is 20.6. The number of aromatic nitrogens is 4. The van der Waals surface area contributed by atoms with Crippen molar-refractivity contribution in [2.45, 2.75) is 56.9 Å². The summed E-state index contributed by atoms with van der Waals surface area (Å²) in [7, 11) is 0. The zero-order valence-electron chi connectivity index (χ0n) is 23.4. The van der Waals surface area contributed by atoms with Crippen LogP contribution in [0.5, 0.6) is 0 Å². The molecule has 2 amide bonds. The normalized spacial score (nSPS) is 23.7. The molecule has 4 heterocycles. The van der Waals surface area contributed by atoms with Crippen LogP contribution in [0.1, 0.15) is 32.1 Å². The number of alkyl halides is 1. The topological polar surface area (TPSA) is 184 Å². The smallest absolute Gasteiger partial charge is 0.346 e. The number of hydrogen-bond acceptors (Lipinski definition) is 11. The van der Waals surface area contributed by atoms with Crippen LogP contribution in [0.15, 0.2) is 30.6 Å². The number of anilines is 2. The first-order valence-electron chi connectivity index (χ1n) is 13.7. The number of aliphatic hydroxyl groups excluding tert-OH is 1. The van der Waals surface area contributed by atoms with Crippen LogP contribution in [0.25, 0.3) is 11.2 Å². The SMILES string of the molecule is CCOC(=O)C(Cc1ccc(N2CCCNC2=O)cc1)(OC[C@H]1O[C@@H](n2cnc3c(N)nc(Cl)nc32)[C@@H](F)[C@@H]1O)C(C)=O. The number of esters is 1. The average Bonchev–Trinajstić information content (AvgIpc) is 3.52. The van der Waals surface area contributed by atoms with Crippen molar-refractivity contribution in [1.82, 2.24) is 24.8 Å². The van der Waals surface area contributed by atoms with Crippen molar-refractivity contribution in [3.05, 3.63) is 41.4 Å². The molecule has 0 saturated carbocycles. The molecule has 1 aromatic carbocycles. The van der Waals surface area contributed by atoms with Crippen LogP contribution >= 0.6 is 11.6 Å². The summed E-state index contributed by atoms with van der Waals surface area (Å²) in [6.07, 6.45) is -4.55. The summed E-state index contributed by atoms with van der Waals surface area (Å²) >= 11 is 5.92. The second kappa shape index (κ2) is 12.4. The highest BCUT2D eigenvalue weighted by atomic mass is 35.5. The van der Waals surface area contributed by atoms with Crippen molar-refractivity contribution in [3.8, 4) is 0 Å². The third kappa shape index (κ3) is 5.85. The van der Waals surface area contributed by atoms with Gasteiger partial charge >= 0.3 is 12.0 Å². The minimum atomic E-state index is -2.12. The summed E-state index contributed by atoms with van der Waals surface area (Å²) in [5, 5.41) is 13.3. The lowest BCUT2D eigenvalue weighted by Crippen LogP contribution is -2.52. The first kappa shape index (κ1) is 30.5. The number of Topliss-reactive ketones (excluding diaryl/α,β-unsaturated/α-hetero) is 1. The number of ether oxygens (including phenoxy) is 3. The van der Waals surface area contributed by atoms with Crippen molar-refractivity contribution < 1.29 is 38.1 Å². The number of fused-ring (bicyclic) bond motifs is 1. The Morgan fingerprint density at radius 3 is 2.72 bits per heavy atom. The van der Waals surface area contributed by atoms with E-state index in [2.05, 4.69) is 20.3 Å². The van der Waals surface area contributed by atoms with Crippen LogP contribution in [-0.2, 0) is 30.2 Å². The van der Waals surface area contributed by atoms with Gasteiger partial charge in [-0.2, -0.15) is 9.97 Å². The Hall–Kier alpha value is -3.92. The van der Waals surface area contributed by atoms with Gasteiger partial charge in [0.2, 0.25) is 10.9 Å². The van der Waals surface area contributed by atoms with Crippen molar-refractivity contribution in [2.24, 2.45) is 0 Å². The lowest BCUT2D eigenvalue weighted by molar-refractivity contribution is -0.183. The predicted molar refractivity (Wildman–Crippen MR) is 151 cm³/mol. The number of halogens is 2. The number of nitrogens with zero attached hydrogens (tertiary/aromatic N) is 5. The summed E-state index contributed by atoms with van der Waals surface area (Å²) in [5.74, 6) is -1.62. The predicted octanol–water partition coefficient (Wildman–Crippen LogP) is 1.73. The van der Waals surface area contributed by atoms with Crippen LogP contribution in [0.4, 0.5) is 20.7 Å². The number of urea groups is 1. The number of nitrogens with two attached hydrogens (primary N) is 1. The van der Waals surface area contributed by atoms with Crippen molar-refractivity contribution in [2.75, 3.05) is 36.9 Å². The molecule has 16 heteroatoms. The van der Waals surface area contributed by atoms with Crippen molar-refractivity contribution in [1.29, 1.82) is 0 Å². The highest BCUT2D eigenvalue weighted by molar-refractivity contribution is 6.28. The van der Waals surface area contributed by atoms with Crippen molar-refractivity contribution in [3.63, 3.8) is 0 Å². The maximum Gasteiger partial charge on any atom is 0.346 e. The monoisotopic (exact) mass is 619 g/mol. The number of hydrogen-bond donors (Lipinski definition) is 3. The molecule has 0 bridgehead atoms.